The number of ether oxygens (including phenoxy) is 1. The third-order valence-corrected chi connectivity index (χ3v) is 4.29. The Morgan fingerprint density at radius 1 is 1.33 bits per heavy atom. The van der Waals surface area contributed by atoms with Crippen LogP contribution in [0.4, 0.5) is 0 Å². The van der Waals surface area contributed by atoms with E-state index in [1.165, 1.54) is 0 Å². The summed E-state index contributed by atoms with van der Waals surface area (Å²) in [6.45, 7) is 7.11. The number of thiophene rings is 1. The summed E-state index contributed by atoms with van der Waals surface area (Å²) in [4.78, 5) is 0.964. The van der Waals surface area contributed by atoms with E-state index in [0.29, 0.717) is 19.7 Å². The Balaban J connectivity index is 1.93. The van der Waals surface area contributed by atoms with Gasteiger partial charge in [-0.25, -0.2) is 0 Å². The van der Waals surface area contributed by atoms with Gasteiger partial charge in [-0.1, -0.05) is 36.9 Å². The standard InChI is InChI=1S/C17H21NO2S/c1-3-10-20-15-8-5-4-7-14(15)12-18-13-17(2,19)16-9-6-11-21-16/h3-9,11,18-19H,1,10,12-13H2,2H3. The molecule has 1 aromatic heterocycles. The Kier molecular flexibility index (Phi) is 5.56. The monoisotopic (exact) mass is 303 g/mol. The quantitative estimate of drug-likeness (QED) is 0.735. The molecule has 0 amide bonds. The average molecular weight is 303 g/mol. The first-order chi connectivity index (χ1) is 10.1. The van der Waals surface area contributed by atoms with Crippen molar-refractivity contribution >= 4 is 11.3 Å². The number of hydrogen-bond donors (Lipinski definition) is 2. The number of nitrogens with one attached hydrogen (secondary N) is 1. The summed E-state index contributed by atoms with van der Waals surface area (Å²) in [6, 6.07) is 11.8. The van der Waals surface area contributed by atoms with Crippen LogP contribution in [0, 0.1) is 0 Å². The first-order valence-electron chi connectivity index (χ1n) is 6.92. The lowest BCUT2D eigenvalue weighted by Gasteiger charge is -2.22. The molecule has 1 atom stereocenters. The number of hydrogen-bond acceptors (Lipinski definition) is 4. The third kappa shape index (κ3) is 4.43. The van der Waals surface area contributed by atoms with Crippen molar-refractivity contribution in [3.05, 3.63) is 64.9 Å². The van der Waals surface area contributed by atoms with E-state index < -0.39 is 5.60 Å². The Morgan fingerprint density at radius 2 is 2.14 bits per heavy atom. The van der Waals surface area contributed by atoms with E-state index in [4.69, 9.17) is 4.74 Å². The summed E-state index contributed by atoms with van der Waals surface area (Å²) in [6.07, 6.45) is 1.73. The molecule has 0 saturated heterocycles. The van der Waals surface area contributed by atoms with E-state index in [2.05, 4.69) is 11.9 Å². The zero-order valence-corrected chi connectivity index (χ0v) is 13.0. The van der Waals surface area contributed by atoms with Gasteiger partial charge in [-0.15, -0.1) is 11.3 Å². The maximum absolute atomic E-state index is 10.5. The van der Waals surface area contributed by atoms with Crippen LogP contribution in [0.3, 0.4) is 0 Å². The molecule has 0 bridgehead atoms. The summed E-state index contributed by atoms with van der Waals surface area (Å²) in [5.41, 5.74) is 0.215. The Bertz CT molecular complexity index is 564. The normalized spacial score (nSPS) is 13.6. The van der Waals surface area contributed by atoms with Gasteiger partial charge in [0, 0.05) is 23.5 Å². The van der Waals surface area contributed by atoms with Crippen LogP contribution in [0.5, 0.6) is 5.75 Å². The molecule has 112 valence electrons. The van der Waals surface area contributed by atoms with E-state index in [1.807, 2.05) is 48.7 Å². The molecule has 3 nitrogen and oxygen atoms in total. The molecule has 0 aliphatic heterocycles. The predicted molar refractivity (Wildman–Crippen MR) is 87.7 cm³/mol. The van der Waals surface area contributed by atoms with E-state index >= 15 is 0 Å². The second-order valence-corrected chi connectivity index (χ2v) is 6.01. The molecule has 1 unspecified atom stereocenters. The fourth-order valence-electron chi connectivity index (χ4n) is 2.05. The van der Waals surface area contributed by atoms with E-state index in [-0.39, 0.29) is 0 Å². The number of aliphatic hydroxyl groups is 1. The average Bonchev–Trinajstić information content (AvgIpc) is 3.01. The van der Waals surface area contributed by atoms with Crippen LogP contribution < -0.4 is 10.1 Å². The van der Waals surface area contributed by atoms with Gasteiger partial charge in [-0.2, -0.15) is 0 Å². The second kappa shape index (κ2) is 7.41. The zero-order valence-electron chi connectivity index (χ0n) is 12.2. The Labute approximate surface area is 129 Å². The van der Waals surface area contributed by atoms with Gasteiger partial charge in [-0.3, -0.25) is 0 Å². The molecule has 1 aromatic carbocycles. The van der Waals surface area contributed by atoms with Gasteiger partial charge in [-0.05, 0) is 24.4 Å². The molecule has 4 heteroatoms. The van der Waals surface area contributed by atoms with Gasteiger partial charge in [0.15, 0.2) is 0 Å². The molecule has 0 aliphatic rings. The van der Waals surface area contributed by atoms with Crippen LogP contribution in [-0.2, 0) is 12.1 Å². The molecule has 0 aliphatic carbocycles. The topological polar surface area (TPSA) is 41.5 Å². The van der Waals surface area contributed by atoms with Crippen molar-refractivity contribution in [1.29, 1.82) is 0 Å². The lowest BCUT2D eigenvalue weighted by Crippen LogP contribution is -2.34. The highest BCUT2D eigenvalue weighted by Gasteiger charge is 2.23. The minimum absolute atomic E-state index is 0.489. The molecule has 0 radical (unpaired) electrons. The van der Waals surface area contributed by atoms with Crippen LogP contribution in [-0.4, -0.2) is 18.3 Å². The minimum Gasteiger partial charge on any atom is -0.489 e. The van der Waals surface area contributed by atoms with E-state index in [9.17, 15) is 5.11 Å². The van der Waals surface area contributed by atoms with Crippen molar-refractivity contribution in [3.8, 4) is 5.75 Å². The molecule has 2 rings (SSSR count). The summed E-state index contributed by atoms with van der Waals surface area (Å²) < 4.78 is 5.62. The molecule has 1 heterocycles. The first kappa shape index (κ1) is 15.8. The van der Waals surface area contributed by atoms with E-state index in [0.717, 1.165) is 16.2 Å². The van der Waals surface area contributed by atoms with Crippen molar-refractivity contribution in [1.82, 2.24) is 5.32 Å². The fraction of sp³-hybridized carbons (Fsp3) is 0.294. The van der Waals surface area contributed by atoms with Gasteiger partial charge in [0.05, 0.1) is 0 Å². The summed E-state index contributed by atoms with van der Waals surface area (Å²) in [5, 5.41) is 15.7. The number of benzene rings is 1. The molecule has 21 heavy (non-hydrogen) atoms. The third-order valence-electron chi connectivity index (χ3n) is 3.17. The van der Waals surface area contributed by atoms with Gasteiger partial charge in [0.2, 0.25) is 0 Å². The highest BCUT2D eigenvalue weighted by atomic mass is 32.1. The molecule has 0 spiro atoms. The van der Waals surface area contributed by atoms with Gasteiger partial charge in [0.25, 0.3) is 0 Å². The van der Waals surface area contributed by atoms with Gasteiger partial charge < -0.3 is 15.2 Å². The highest BCUT2D eigenvalue weighted by molar-refractivity contribution is 7.10. The molecule has 0 saturated carbocycles. The first-order valence-corrected chi connectivity index (χ1v) is 7.80. The largest absolute Gasteiger partial charge is 0.489 e. The zero-order chi connectivity index (χ0) is 15.1. The van der Waals surface area contributed by atoms with Crippen LogP contribution in [0.1, 0.15) is 17.4 Å². The fourth-order valence-corrected chi connectivity index (χ4v) is 2.84. The lowest BCUT2D eigenvalue weighted by molar-refractivity contribution is 0.0604. The maximum atomic E-state index is 10.5. The highest BCUT2D eigenvalue weighted by Crippen LogP contribution is 2.25. The molecule has 0 fully saturated rings. The summed E-state index contributed by atoms with van der Waals surface area (Å²) in [5.74, 6) is 0.848. The van der Waals surface area contributed by atoms with Crippen molar-refractivity contribution in [2.24, 2.45) is 0 Å². The smallest absolute Gasteiger partial charge is 0.124 e. The van der Waals surface area contributed by atoms with Gasteiger partial charge in [0.1, 0.15) is 18.0 Å². The minimum atomic E-state index is -0.856. The lowest BCUT2D eigenvalue weighted by atomic mass is 10.1. The summed E-state index contributed by atoms with van der Waals surface area (Å²) in [7, 11) is 0. The van der Waals surface area contributed by atoms with Crippen LogP contribution >= 0.6 is 11.3 Å². The molecule has 2 aromatic rings. The molecule has 2 N–H and O–H groups in total. The van der Waals surface area contributed by atoms with Crippen molar-refractivity contribution in [3.63, 3.8) is 0 Å². The Hall–Kier alpha value is -1.62. The van der Waals surface area contributed by atoms with Crippen LogP contribution in [0.25, 0.3) is 0 Å². The maximum Gasteiger partial charge on any atom is 0.124 e. The van der Waals surface area contributed by atoms with Gasteiger partial charge >= 0.3 is 0 Å². The molecular weight excluding hydrogens is 282 g/mol. The van der Waals surface area contributed by atoms with E-state index in [1.54, 1.807) is 17.4 Å². The SMILES string of the molecule is C=CCOc1ccccc1CNCC(C)(O)c1cccs1. The van der Waals surface area contributed by atoms with Crippen LogP contribution in [0.2, 0.25) is 0 Å². The van der Waals surface area contributed by atoms with Crippen molar-refractivity contribution in [2.75, 3.05) is 13.2 Å². The van der Waals surface area contributed by atoms with Crippen LogP contribution in [0.15, 0.2) is 54.4 Å². The van der Waals surface area contributed by atoms with Crippen molar-refractivity contribution in [2.45, 2.75) is 19.1 Å². The molecular formula is C17H21NO2S. The number of para-hydroxylation sites is 1. The second-order valence-electron chi connectivity index (χ2n) is 5.06. The predicted octanol–water partition coefficient (Wildman–Crippen LogP) is 3.31. The van der Waals surface area contributed by atoms with Crippen molar-refractivity contribution < 1.29 is 9.84 Å². The number of rotatable bonds is 8. The summed E-state index contributed by atoms with van der Waals surface area (Å²) >= 11 is 1.56. The Morgan fingerprint density at radius 3 is 2.86 bits per heavy atom.